The van der Waals surface area contributed by atoms with Crippen molar-refractivity contribution >= 4 is 21.6 Å². The molecular formula is C11H13NOS. The fraction of sp³-hybridized carbons (Fsp3) is 0.364. The van der Waals surface area contributed by atoms with Gasteiger partial charge in [0.15, 0.2) is 0 Å². The fourth-order valence-corrected chi connectivity index (χ4v) is 2.22. The van der Waals surface area contributed by atoms with Crippen LogP contribution in [-0.2, 0) is 0 Å². The largest absolute Gasteiger partial charge is 0.277 e. The van der Waals surface area contributed by atoms with Crippen LogP contribution in [-0.4, -0.2) is 4.37 Å². The number of hydrogen-bond acceptors (Lipinski definition) is 2. The van der Waals surface area contributed by atoms with Crippen LogP contribution in [0.4, 0.5) is 0 Å². The van der Waals surface area contributed by atoms with Crippen molar-refractivity contribution in [3.05, 3.63) is 34.1 Å². The van der Waals surface area contributed by atoms with E-state index in [4.69, 9.17) is 0 Å². The molecule has 1 N–H and O–H groups in total. The van der Waals surface area contributed by atoms with Crippen molar-refractivity contribution in [1.82, 2.24) is 4.37 Å². The summed E-state index contributed by atoms with van der Waals surface area (Å²) in [6, 6.07) is 6.15. The van der Waals surface area contributed by atoms with Crippen LogP contribution in [0.25, 0.3) is 10.1 Å². The number of aromatic amines is 1. The molecule has 0 amide bonds. The smallest absolute Gasteiger partial charge is 0.265 e. The molecule has 0 saturated carbocycles. The molecule has 0 aliphatic rings. The summed E-state index contributed by atoms with van der Waals surface area (Å²) in [5.41, 5.74) is 1.29. The van der Waals surface area contributed by atoms with Crippen LogP contribution in [0.3, 0.4) is 0 Å². The summed E-state index contributed by atoms with van der Waals surface area (Å²) in [6.07, 6.45) is 1.10. The Morgan fingerprint density at radius 3 is 3.00 bits per heavy atom. The van der Waals surface area contributed by atoms with Gasteiger partial charge in [0, 0.05) is 0 Å². The van der Waals surface area contributed by atoms with Gasteiger partial charge in [0.05, 0.1) is 10.1 Å². The topological polar surface area (TPSA) is 32.9 Å². The molecule has 74 valence electrons. The number of aromatic nitrogens is 1. The molecule has 2 rings (SSSR count). The Hall–Kier alpha value is -1.09. The maximum atomic E-state index is 11.4. The van der Waals surface area contributed by atoms with Gasteiger partial charge in [0.1, 0.15) is 0 Å². The zero-order valence-electron chi connectivity index (χ0n) is 8.33. The summed E-state index contributed by atoms with van der Waals surface area (Å²) in [5.74, 6) is 0.527. The highest BCUT2D eigenvalue weighted by atomic mass is 32.1. The van der Waals surface area contributed by atoms with Gasteiger partial charge in [-0.05, 0) is 30.0 Å². The quantitative estimate of drug-likeness (QED) is 0.806. The first-order valence-corrected chi connectivity index (χ1v) is 5.65. The predicted molar refractivity (Wildman–Crippen MR) is 61.2 cm³/mol. The Morgan fingerprint density at radius 1 is 1.50 bits per heavy atom. The van der Waals surface area contributed by atoms with E-state index in [2.05, 4.69) is 24.3 Å². The van der Waals surface area contributed by atoms with Gasteiger partial charge < -0.3 is 0 Å². The normalized spacial score (nSPS) is 13.3. The van der Waals surface area contributed by atoms with Crippen LogP contribution in [0.2, 0.25) is 0 Å². The molecule has 0 aliphatic heterocycles. The third-order valence-corrected chi connectivity index (χ3v) is 3.55. The maximum Gasteiger partial charge on any atom is 0.265 e. The van der Waals surface area contributed by atoms with Crippen molar-refractivity contribution in [3.8, 4) is 0 Å². The minimum absolute atomic E-state index is 0.0372. The summed E-state index contributed by atoms with van der Waals surface area (Å²) in [4.78, 5) is 11.4. The number of benzene rings is 1. The first-order valence-electron chi connectivity index (χ1n) is 4.83. The van der Waals surface area contributed by atoms with E-state index < -0.39 is 0 Å². The molecule has 1 aromatic heterocycles. The summed E-state index contributed by atoms with van der Waals surface area (Å²) in [6.45, 7) is 4.34. The van der Waals surface area contributed by atoms with Gasteiger partial charge in [0.2, 0.25) is 0 Å². The lowest BCUT2D eigenvalue weighted by Crippen LogP contribution is -1.98. The van der Waals surface area contributed by atoms with Gasteiger partial charge in [-0.1, -0.05) is 31.4 Å². The lowest BCUT2D eigenvalue weighted by atomic mass is 9.98. The third kappa shape index (κ3) is 1.48. The SMILES string of the molecule is CCC(C)c1ccc2s[nH]c(=O)c2c1. The second-order valence-electron chi connectivity index (χ2n) is 3.60. The summed E-state index contributed by atoms with van der Waals surface area (Å²) in [7, 11) is 0. The number of nitrogens with one attached hydrogen (secondary N) is 1. The maximum absolute atomic E-state index is 11.4. The zero-order chi connectivity index (χ0) is 10.1. The molecule has 0 fully saturated rings. The lowest BCUT2D eigenvalue weighted by Gasteiger charge is -2.07. The molecule has 1 atom stereocenters. The van der Waals surface area contributed by atoms with Crippen molar-refractivity contribution in [2.24, 2.45) is 0 Å². The molecule has 0 saturated heterocycles. The number of H-pyrrole nitrogens is 1. The standard InChI is InChI=1S/C11H13NOS/c1-3-7(2)8-4-5-10-9(6-8)11(13)12-14-10/h4-7H,3H2,1-2H3,(H,12,13). The summed E-state index contributed by atoms with van der Waals surface area (Å²) >= 11 is 1.40. The van der Waals surface area contributed by atoms with Crippen molar-refractivity contribution in [2.75, 3.05) is 0 Å². The number of rotatable bonds is 2. The van der Waals surface area contributed by atoms with Crippen molar-refractivity contribution in [3.63, 3.8) is 0 Å². The Bertz CT molecular complexity index is 497. The molecule has 0 spiro atoms. The first kappa shape index (κ1) is 9.46. The van der Waals surface area contributed by atoms with E-state index in [-0.39, 0.29) is 5.56 Å². The molecule has 1 aromatic carbocycles. The monoisotopic (exact) mass is 207 g/mol. The molecule has 2 nitrogen and oxygen atoms in total. The number of hydrogen-bond donors (Lipinski definition) is 1. The van der Waals surface area contributed by atoms with E-state index in [0.717, 1.165) is 16.5 Å². The molecule has 14 heavy (non-hydrogen) atoms. The Morgan fingerprint density at radius 2 is 2.29 bits per heavy atom. The molecule has 0 bridgehead atoms. The van der Waals surface area contributed by atoms with Crippen LogP contribution < -0.4 is 5.56 Å². The van der Waals surface area contributed by atoms with E-state index in [0.29, 0.717) is 5.92 Å². The Labute approximate surface area is 86.7 Å². The predicted octanol–water partition coefficient (Wildman–Crippen LogP) is 3.10. The molecule has 2 aromatic rings. The van der Waals surface area contributed by atoms with Gasteiger partial charge in [-0.25, -0.2) is 0 Å². The van der Waals surface area contributed by atoms with Gasteiger partial charge in [-0.3, -0.25) is 9.17 Å². The average molecular weight is 207 g/mol. The molecule has 1 unspecified atom stereocenters. The second kappa shape index (κ2) is 3.58. The second-order valence-corrected chi connectivity index (χ2v) is 4.45. The highest BCUT2D eigenvalue weighted by molar-refractivity contribution is 7.13. The van der Waals surface area contributed by atoms with Gasteiger partial charge in [-0.2, -0.15) is 0 Å². The molecule has 1 heterocycles. The van der Waals surface area contributed by atoms with Crippen molar-refractivity contribution in [2.45, 2.75) is 26.2 Å². The zero-order valence-corrected chi connectivity index (χ0v) is 9.15. The van der Waals surface area contributed by atoms with Crippen LogP contribution in [0, 0.1) is 0 Å². The van der Waals surface area contributed by atoms with Crippen LogP contribution >= 0.6 is 11.5 Å². The highest BCUT2D eigenvalue weighted by Gasteiger charge is 2.06. The highest BCUT2D eigenvalue weighted by Crippen LogP contribution is 2.23. The van der Waals surface area contributed by atoms with Gasteiger partial charge >= 0.3 is 0 Å². The Kier molecular flexibility index (Phi) is 2.42. The fourth-order valence-electron chi connectivity index (χ4n) is 1.51. The Balaban J connectivity index is 2.60. The van der Waals surface area contributed by atoms with E-state index >= 15 is 0 Å². The molecule has 3 heteroatoms. The lowest BCUT2D eigenvalue weighted by molar-refractivity contribution is 0.735. The summed E-state index contributed by atoms with van der Waals surface area (Å²) in [5, 5.41) is 0.827. The minimum Gasteiger partial charge on any atom is -0.277 e. The molecular weight excluding hydrogens is 194 g/mol. The van der Waals surface area contributed by atoms with Crippen molar-refractivity contribution < 1.29 is 0 Å². The van der Waals surface area contributed by atoms with Crippen molar-refractivity contribution in [1.29, 1.82) is 0 Å². The molecule has 0 radical (unpaired) electrons. The third-order valence-electron chi connectivity index (χ3n) is 2.68. The average Bonchev–Trinajstić information content (AvgIpc) is 2.59. The van der Waals surface area contributed by atoms with E-state index in [1.807, 2.05) is 12.1 Å². The first-order chi connectivity index (χ1) is 6.72. The summed E-state index contributed by atoms with van der Waals surface area (Å²) < 4.78 is 3.79. The van der Waals surface area contributed by atoms with Gasteiger partial charge in [0.25, 0.3) is 5.56 Å². The van der Waals surface area contributed by atoms with Crippen LogP contribution in [0.5, 0.6) is 0 Å². The van der Waals surface area contributed by atoms with E-state index in [1.165, 1.54) is 17.1 Å². The molecule has 0 aliphatic carbocycles. The van der Waals surface area contributed by atoms with Crippen LogP contribution in [0.15, 0.2) is 23.0 Å². The van der Waals surface area contributed by atoms with E-state index in [9.17, 15) is 4.79 Å². The van der Waals surface area contributed by atoms with Crippen LogP contribution in [0.1, 0.15) is 31.7 Å². The van der Waals surface area contributed by atoms with E-state index in [1.54, 1.807) is 0 Å². The minimum atomic E-state index is 0.0372. The number of fused-ring (bicyclic) bond motifs is 1. The van der Waals surface area contributed by atoms with Gasteiger partial charge in [-0.15, -0.1) is 0 Å².